The minimum atomic E-state index is -0.190. The largest absolute Gasteiger partial charge is 0.409 e. The van der Waals surface area contributed by atoms with Gasteiger partial charge in [-0.05, 0) is 13.3 Å². The highest BCUT2D eigenvalue weighted by Gasteiger charge is 2.29. The Morgan fingerprint density at radius 1 is 1.74 bits per heavy atom. The van der Waals surface area contributed by atoms with Gasteiger partial charge in [-0.3, -0.25) is 9.48 Å². The van der Waals surface area contributed by atoms with Crippen molar-refractivity contribution in [3.8, 4) is 0 Å². The fraction of sp³-hybridized carbons (Fsp3) is 0.545. The van der Waals surface area contributed by atoms with Crippen LogP contribution in [0.2, 0.25) is 0 Å². The van der Waals surface area contributed by atoms with Gasteiger partial charge in [0.2, 0.25) is 5.91 Å². The Bertz CT molecular complexity index is 510. The van der Waals surface area contributed by atoms with E-state index in [1.807, 2.05) is 6.92 Å². The zero-order valence-corrected chi connectivity index (χ0v) is 10.8. The second-order valence-corrected chi connectivity index (χ2v) is 4.58. The molecule has 2 unspecified atom stereocenters. The van der Waals surface area contributed by atoms with Crippen molar-refractivity contribution in [2.75, 3.05) is 11.9 Å². The molecule has 0 radical (unpaired) electrons. The van der Waals surface area contributed by atoms with E-state index in [0.29, 0.717) is 24.4 Å². The van der Waals surface area contributed by atoms with Crippen LogP contribution >= 0.6 is 0 Å². The maximum absolute atomic E-state index is 12.1. The molecule has 2 heterocycles. The molecule has 1 aromatic rings. The summed E-state index contributed by atoms with van der Waals surface area (Å²) in [7, 11) is 1.66. The summed E-state index contributed by atoms with van der Waals surface area (Å²) in [6, 6.07) is 0. The van der Waals surface area contributed by atoms with Gasteiger partial charge in [-0.2, -0.15) is 5.10 Å². The van der Waals surface area contributed by atoms with E-state index in [2.05, 4.69) is 15.6 Å². The normalized spacial score (nSPS) is 23.6. The van der Waals surface area contributed by atoms with E-state index in [4.69, 9.17) is 15.7 Å². The third-order valence-corrected chi connectivity index (χ3v) is 3.13. The van der Waals surface area contributed by atoms with Crippen LogP contribution in [0.4, 0.5) is 5.82 Å². The highest BCUT2D eigenvalue weighted by molar-refractivity contribution is 6.04. The van der Waals surface area contributed by atoms with Crippen molar-refractivity contribution in [2.24, 2.45) is 23.9 Å². The van der Waals surface area contributed by atoms with Crippen LogP contribution in [0.1, 0.15) is 18.9 Å². The summed E-state index contributed by atoms with van der Waals surface area (Å²) in [6.45, 7) is 2.34. The van der Waals surface area contributed by atoms with E-state index >= 15 is 0 Å². The molecule has 0 bridgehead atoms. The molecule has 2 atom stereocenters. The minimum Gasteiger partial charge on any atom is -0.409 e. The fourth-order valence-electron chi connectivity index (χ4n) is 2.05. The van der Waals surface area contributed by atoms with Gasteiger partial charge in [0, 0.05) is 7.05 Å². The van der Waals surface area contributed by atoms with Crippen LogP contribution in [0.25, 0.3) is 0 Å². The summed E-state index contributed by atoms with van der Waals surface area (Å²) < 4.78 is 6.83. The zero-order valence-electron chi connectivity index (χ0n) is 10.8. The molecule has 104 valence electrons. The number of ether oxygens (including phenoxy) is 1. The maximum atomic E-state index is 12.1. The molecule has 1 aliphatic rings. The number of anilines is 1. The number of nitrogens with two attached hydrogens (primary N) is 1. The van der Waals surface area contributed by atoms with Crippen molar-refractivity contribution in [2.45, 2.75) is 19.4 Å². The number of aryl methyl sites for hydroxylation is 1. The molecule has 8 nitrogen and oxygen atoms in total. The average Bonchev–Trinajstić information content (AvgIpc) is 2.96. The quantitative estimate of drug-likeness (QED) is 0.305. The fourth-order valence-corrected chi connectivity index (χ4v) is 2.05. The summed E-state index contributed by atoms with van der Waals surface area (Å²) >= 11 is 0. The van der Waals surface area contributed by atoms with Crippen molar-refractivity contribution in [1.82, 2.24) is 9.78 Å². The first kappa shape index (κ1) is 13.3. The number of nitrogens with one attached hydrogen (secondary N) is 1. The van der Waals surface area contributed by atoms with Crippen LogP contribution in [0.5, 0.6) is 0 Å². The number of aromatic nitrogens is 2. The van der Waals surface area contributed by atoms with E-state index in [1.165, 1.54) is 10.9 Å². The number of carbonyl (C=O) groups is 1. The lowest BCUT2D eigenvalue weighted by Gasteiger charge is -2.11. The van der Waals surface area contributed by atoms with Crippen molar-refractivity contribution < 1.29 is 14.7 Å². The maximum Gasteiger partial charge on any atom is 0.231 e. The van der Waals surface area contributed by atoms with Gasteiger partial charge < -0.3 is 21.0 Å². The van der Waals surface area contributed by atoms with Gasteiger partial charge in [0.05, 0.1) is 30.4 Å². The van der Waals surface area contributed by atoms with Crippen molar-refractivity contribution in [3.63, 3.8) is 0 Å². The van der Waals surface area contributed by atoms with Gasteiger partial charge in [-0.15, -0.1) is 0 Å². The lowest BCUT2D eigenvalue weighted by Crippen LogP contribution is -2.26. The lowest BCUT2D eigenvalue weighted by molar-refractivity contribution is -0.119. The zero-order chi connectivity index (χ0) is 14.0. The molecule has 8 heteroatoms. The van der Waals surface area contributed by atoms with Gasteiger partial charge in [-0.1, -0.05) is 5.16 Å². The summed E-state index contributed by atoms with van der Waals surface area (Å²) in [5, 5.41) is 18.3. The molecular weight excluding hydrogens is 250 g/mol. The third kappa shape index (κ3) is 2.68. The monoisotopic (exact) mass is 267 g/mol. The summed E-state index contributed by atoms with van der Waals surface area (Å²) in [4.78, 5) is 12.1. The molecule has 1 amide bonds. The molecule has 2 rings (SSSR count). The van der Waals surface area contributed by atoms with Crippen LogP contribution < -0.4 is 11.1 Å². The van der Waals surface area contributed by atoms with E-state index in [9.17, 15) is 4.79 Å². The molecular formula is C11H17N5O3. The number of oxime groups is 1. The molecule has 0 aromatic carbocycles. The average molecular weight is 267 g/mol. The number of hydrogen-bond acceptors (Lipinski definition) is 5. The van der Waals surface area contributed by atoms with Crippen molar-refractivity contribution >= 4 is 17.6 Å². The number of rotatable bonds is 3. The Hall–Kier alpha value is -2.09. The predicted octanol–water partition coefficient (Wildman–Crippen LogP) is -0.122. The highest BCUT2D eigenvalue weighted by atomic mass is 16.5. The first-order valence-corrected chi connectivity index (χ1v) is 5.95. The summed E-state index contributed by atoms with van der Waals surface area (Å²) in [6.07, 6.45) is 2.20. The van der Waals surface area contributed by atoms with Crippen LogP contribution in [0.3, 0.4) is 0 Å². The SMILES string of the molecule is CC1CC(C(=O)Nc2c(C(N)=NO)cnn2C)CO1. The smallest absolute Gasteiger partial charge is 0.231 e. The van der Waals surface area contributed by atoms with E-state index < -0.39 is 0 Å². The first-order valence-electron chi connectivity index (χ1n) is 5.95. The minimum absolute atomic E-state index is 0.0887. The van der Waals surface area contributed by atoms with Gasteiger partial charge in [0.25, 0.3) is 0 Å². The Kier molecular flexibility index (Phi) is 3.70. The van der Waals surface area contributed by atoms with E-state index in [0.717, 1.165) is 0 Å². The molecule has 19 heavy (non-hydrogen) atoms. The molecule has 4 N–H and O–H groups in total. The third-order valence-electron chi connectivity index (χ3n) is 3.13. The Labute approximate surface area is 110 Å². The molecule has 1 saturated heterocycles. The molecule has 0 saturated carbocycles. The molecule has 1 aromatic heterocycles. The van der Waals surface area contributed by atoms with E-state index in [-0.39, 0.29) is 23.8 Å². The van der Waals surface area contributed by atoms with Crippen LogP contribution in [-0.4, -0.2) is 39.4 Å². The van der Waals surface area contributed by atoms with Gasteiger partial charge in [0.1, 0.15) is 5.82 Å². The Morgan fingerprint density at radius 3 is 3.05 bits per heavy atom. The highest BCUT2D eigenvalue weighted by Crippen LogP contribution is 2.22. The number of amides is 1. The molecule has 0 aliphatic carbocycles. The van der Waals surface area contributed by atoms with Crippen molar-refractivity contribution in [1.29, 1.82) is 0 Å². The topological polar surface area (TPSA) is 115 Å². The second-order valence-electron chi connectivity index (χ2n) is 4.58. The van der Waals surface area contributed by atoms with Gasteiger partial charge in [0.15, 0.2) is 5.84 Å². The first-order chi connectivity index (χ1) is 9.02. The molecule has 1 fully saturated rings. The number of nitrogens with zero attached hydrogens (tertiary/aromatic N) is 3. The van der Waals surface area contributed by atoms with E-state index in [1.54, 1.807) is 7.05 Å². The number of amidine groups is 1. The van der Waals surface area contributed by atoms with Crippen molar-refractivity contribution in [3.05, 3.63) is 11.8 Å². The lowest BCUT2D eigenvalue weighted by atomic mass is 10.1. The standard InChI is InChI=1S/C11H17N5O3/c1-6-3-7(5-19-6)11(17)14-10-8(9(12)15-18)4-13-16(10)2/h4,6-7,18H,3,5H2,1-2H3,(H2,12,15)(H,14,17). The Morgan fingerprint density at radius 2 is 2.47 bits per heavy atom. The Balaban J connectivity index is 2.15. The second kappa shape index (κ2) is 5.27. The molecule has 0 spiro atoms. The van der Waals surface area contributed by atoms with Crippen LogP contribution in [-0.2, 0) is 16.6 Å². The summed E-state index contributed by atoms with van der Waals surface area (Å²) in [5.41, 5.74) is 5.91. The van der Waals surface area contributed by atoms with Gasteiger partial charge in [-0.25, -0.2) is 0 Å². The number of carbonyl (C=O) groups excluding carboxylic acids is 1. The molecule has 1 aliphatic heterocycles. The summed E-state index contributed by atoms with van der Waals surface area (Å²) in [5.74, 6) is -0.0377. The van der Waals surface area contributed by atoms with Gasteiger partial charge >= 0.3 is 0 Å². The van der Waals surface area contributed by atoms with Crippen LogP contribution in [0, 0.1) is 5.92 Å². The van der Waals surface area contributed by atoms with Crippen LogP contribution in [0.15, 0.2) is 11.4 Å². The number of hydrogen-bond donors (Lipinski definition) is 3. The predicted molar refractivity (Wildman–Crippen MR) is 67.9 cm³/mol.